The van der Waals surface area contributed by atoms with E-state index in [1.54, 1.807) is 0 Å². The van der Waals surface area contributed by atoms with Crippen LogP contribution in [0.25, 0.3) is 10.9 Å². The smallest absolute Gasteiger partial charge is 0.0734 e. The zero-order valence-corrected chi connectivity index (χ0v) is 12.1. The minimum atomic E-state index is 0.978. The SMILES string of the molecule is Cc1ccc(Nc2ccnc3cc(Br)ccc23)cc1. The van der Waals surface area contributed by atoms with Gasteiger partial charge in [0.15, 0.2) is 0 Å². The number of aromatic nitrogens is 1. The van der Waals surface area contributed by atoms with Gasteiger partial charge in [-0.25, -0.2) is 0 Å². The third kappa shape index (κ3) is 2.61. The summed E-state index contributed by atoms with van der Waals surface area (Å²) in [6.07, 6.45) is 1.82. The highest BCUT2D eigenvalue weighted by Gasteiger charge is 2.02. The molecule has 1 heterocycles. The lowest BCUT2D eigenvalue weighted by atomic mass is 10.1. The Bertz CT molecular complexity index is 720. The Morgan fingerprint density at radius 2 is 1.79 bits per heavy atom. The van der Waals surface area contributed by atoms with Crippen LogP contribution in [0, 0.1) is 6.92 Å². The van der Waals surface area contributed by atoms with Gasteiger partial charge in [-0.15, -0.1) is 0 Å². The van der Waals surface area contributed by atoms with Crippen molar-refractivity contribution in [1.82, 2.24) is 4.98 Å². The number of fused-ring (bicyclic) bond motifs is 1. The Morgan fingerprint density at radius 3 is 2.58 bits per heavy atom. The number of hydrogen-bond donors (Lipinski definition) is 1. The number of nitrogens with zero attached hydrogens (tertiary/aromatic N) is 1. The molecule has 1 aromatic heterocycles. The van der Waals surface area contributed by atoms with Gasteiger partial charge >= 0.3 is 0 Å². The molecule has 0 fully saturated rings. The molecule has 0 aliphatic heterocycles. The maximum Gasteiger partial charge on any atom is 0.0734 e. The topological polar surface area (TPSA) is 24.9 Å². The van der Waals surface area contributed by atoms with Crippen LogP contribution in [0.3, 0.4) is 0 Å². The monoisotopic (exact) mass is 312 g/mol. The highest BCUT2D eigenvalue weighted by molar-refractivity contribution is 9.10. The number of anilines is 2. The summed E-state index contributed by atoms with van der Waals surface area (Å²) in [5.74, 6) is 0. The molecule has 0 atom stereocenters. The number of pyridine rings is 1. The molecule has 0 radical (unpaired) electrons. The second kappa shape index (κ2) is 5.02. The molecule has 3 rings (SSSR count). The Morgan fingerprint density at radius 1 is 1.00 bits per heavy atom. The highest BCUT2D eigenvalue weighted by atomic mass is 79.9. The molecule has 19 heavy (non-hydrogen) atoms. The van der Waals surface area contributed by atoms with E-state index >= 15 is 0 Å². The van der Waals surface area contributed by atoms with Gasteiger partial charge in [0, 0.05) is 27.4 Å². The number of hydrogen-bond acceptors (Lipinski definition) is 2. The molecule has 3 aromatic rings. The number of halogens is 1. The predicted octanol–water partition coefficient (Wildman–Crippen LogP) is 5.05. The van der Waals surface area contributed by atoms with Crippen LogP contribution in [0.1, 0.15) is 5.56 Å². The first-order valence-corrected chi connectivity index (χ1v) is 6.90. The third-order valence-electron chi connectivity index (χ3n) is 3.04. The number of benzene rings is 2. The number of aryl methyl sites for hydroxylation is 1. The zero-order chi connectivity index (χ0) is 13.2. The Balaban J connectivity index is 2.03. The van der Waals surface area contributed by atoms with Crippen molar-refractivity contribution in [2.45, 2.75) is 6.92 Å². The van der Waals surface area contributed by atoms with Crippen molar-refractivity contribution in [2.24, 2.45) is 0 Å². The standard InChI is InChI=1S/C16H13BrN2/c1-11-2-5-13(6-3-11)19-15-8-9-18-16-10-12(17)4-7-14(15)16/h2-10H,1H3,(H,18,19). The average Bonchev–Trinajstić information content (AvgIpc) is 2.41. The van der Waals surface area contributed by atoms with Gasteiger partial charge < -0.3 is 5.32 Å². The molecule has 0 unspecified atom stereocenters. The molecule has 0 saturated heterocycles. The fraction of sp³-hybridized carbons (Fsp3) is 0.0625. The molecule has 3 heteroatoms. The number of nitrogens with one attached hydrogen (secondary N) is 1. The van der Waals surface area contributed by atoms with Crippen molar-refractivity contribution in [3.8, 4) is 0 Å². The molecular weight excluding hydrogens is 300 g/mol. The van der Waals surface area contributed by atoms with E-state index in [1.807, 2.05) is 24.4 Å². The molecule has 2 aromatic carbocycles. The lowest BCUT2D eigenvalue weighted by molar-refractivity contribution is 1.40. The van der Waals surface area contributed by atoms with E-state index < -0.39 is 0 Å². The van der Waals surface area contributed by atoms with Crippen LogP contribution in [-0.4, -0.2) is 4.98 Å². The van der Waals surface area contributed by atoms with E-state index in [9.17, 15) is 0 Å². The second-order valence-corrected chi connectivity index (χ2v) is 5.43. The summed E-state index contributed by atoms with van der Waals surface area (Å²) in [6, 6.07) is 16.5. The molecule has 0 spiro atoms. The summed E-state index contributed by atoms with van der Waals surface area (Å²) < 4.78 is 1.04. The fourth-order valence-corrected chi connectivity index (χ4v) is 2.37. The molecule has 2 nitrogen and oxygen atoms in total. The Labute approximate surface area is 120 Å². The summed E-state index contributed by atoms with van der Waals surface area (Å²) in [5, 5.41) is 4.56. The quantitative estimate of drug-likeness (QED) is 0.716. The predicted molar refractivity (Wildman–Crippen MR) is 83.9 cm³/mol. The van der Waals surface area contributed by atoms with E-state index in [0.29, 0.717) is 0 Å². The first-order chi connectivity index (χ1) is 9.22. The molecule has 94 valence electrons. The average molecular weight is 313 g/mol. The van der Waals surface area contributed by atoms with Gasteiger partial charge in [0.25, 0.3) is 0 Å². The van der Waals surface area contributed by atoms with E-state index in [-0.39, 0.29) is 0 Å². The van der Waals surface area contributed by atoms with Crippen LogP contribution in [0.5, 0.6) is 0 Å². The van der Waals surface area contributed by atoms with Crippen molar-refractivity contribution in [1.29, 1.82) is 0 Å². The maximum absolute atomic E-state index is 4.39. The van der Waals surface area contributed by atoms with Gasteiger partial charge in [-0.3, -0.25) is 4.98 Å². The van der Waals surface area contributed by atoms with E-state index in [4.69, 9.17) is 0 Å². The summed E-state index contributed by atoms with van der Waals surface area (Å²) >= 11 is 3.47. The Kier molecular flexibility index (Phi) is 3.22. The second-order valence-electron chi connectivity index (χ2n) is 4.51. The van der Waals surface area contributed by atoms with Crippen LogP contribution in [0.4, 0.5) is 11.4 Å². The minimum absolute atomic E-state index is 0.978. The lowest BCUT2D eigenvalue weighted by Crippen LogP contribution is -1.92. The van der Waals surface area contributed by atoms with Gasteiger partial charge in [-0.1, -0.05) is 33.6 Å². The molecule has 0 saturated carbocycles. The summed E-state index contributed by atoms with van der Waals surface area (Å²) in [5.41, 5.74) is 4.39. The van der Waals surface area contributed by atoms with E-state index in [2.05, 4.69) is 63.5 Å². The van der Waals surface area contributed by atoms with Crippen LogP contribution < -0.4 is 5.32 Å². The van der Waals surface area contributed by atoms with Crippen molar-refractivity contribution >= 4 is 38.2 Å². The van der Waals surface area contributed by atoms with Crippen molar-refractivity contribution < 1.29 is 0 Å². The van der Waals surface area contributed by atoms with Crippen molar-refractivity contribution in [3.63, 3.8) is 0 Å². The first kappa shape index (κ1) is 12.2. The fourth-order valence-electron chi connectivity index (χ4n) is 2.02. The van der Waals surface area contributed by atoms with E-state index in [1.165, 1.54) is 5.56 Å². The summed E-state index contributed by atoms with van der Waals surface area (Å²) in [7, 11) is 0. The first-order valence-electron chi connectivity index (χ1n) is 6.10. The van der Waals surface area contributed by atoms with Gasteiger partial charge in [-0.05, 0) is 43.3 Å². The van der Waals surface area contributed by atoms with Gasteiger partial charge in [0.05, 0.1) is 5.52 Å². The summed E-state index contributed by atoms with van der Waals surface area (Å²) in [6.45, 7) is 2.09. The molecule has 1 N–H and O–H groups in total. The van der Waals surface area contributed by atoms with Gasteiger partial charge in [-0.2, -0.15) is 0 Å². The van der Waals surface area contributed by atoms with Gasteiger partial charge in [0.1, 0.15) is 0 Å². The Hall–Kier alpha value is -1.87. The highest BCUT2D eigenvalue weighted by Crippen LogP contribution is 2.27. The zero-order valence-electron chi connectivity index (χ0n) is 10.5. The van der Waals surface area contributed by atoms with Crippen LogP contribution >= 0.6 is 15.9 Å². The van der Waals surface area contributed by atoms with Crippen LogP contribution in [0.15, 0.2) is 59.2 Å². The molecule has 0 bridgehead atoms. The van der Waals surface area contributed by atoms with Crippen LogP contribution in [-0.2, 0) is 0 Å². The lowest BCUT2D eigenvalue weighted by Gasteiger charge is -2.09. The largest absolute Gasteiger partial charge is 0.355 e. The molecule has 0 aliphatic rings. The van der Waals surface area contributed by atoms with Gasteiger partial charge in [0.2, 0.25) is 0 Å². The summed E-state index contributed by atoms with van der Waals surface area (Å²) in [4.78, 5) is 4.39. The van der Waals surface area contributed by atoms with E-state index in [0.717, 1.165) is 26.8 Å². The third-order valence-corrected chi connectivity index (χ3v) is 3.53. The molecule has 0 amide bonds. The normalized spacial score (nSPS) is 10.6. The molecule has 0 aliphatic carbocycles. The van der Waals surface area contributed by atoms with Crippen molar-refractivity contribution in [2.75, 3.05) is 5.32 Å². The van der Waals surface area contributed by atoms with Crippen molar-refractivity contribution in [3.05, 3.63) is 64.8 Å². The van der Waals surface area contributed by atoms with Crippen LogP contribution in [0.2, 0.25) is 0 Å². The minimum Gasteiger partial charge on any atom is -0.355 e. The number of rotatable bonds is 2. The molecular formula is C16H13BrN2. The maximum atomic E-state index is 4.39.